The molecule has 0 unspecified atom stereocenters. The van der Waals surface area contributed by atoms with E-state index < -0.39 is 0 Å². The fraction of sp³-hybridized carbons (Fsp3) is 0.889. The number of hydrogen-bond donors (Lipinski definition) is 0. The van der Waals surface area contributed by atoms with E-state index >= 15 is 0 Å². The van der Waals surface area contributed by atoms with Crippen LogP contribution in [-0.2, 0) is 4.74 Å². The second-order valence-corrected chi connectivity index (χ2v) is 6.91. The van der Waals surface area contributed by atoms with E-state index in [0.717, 1.165) is 19.4 Å². The molecule has 1 fully saturated rings. The van der Waals surface area contributed by atoms with Crippen LogP contribution < -0.4 is 0 Å². The molecule has 0 aromatic carbocycles. The summed E-state index contributed by atoms with van der Waals surface area (Å²) in [6.07, 6.45) is 16.9. The minimum Gasteiger partial charge on any atom is -0.372 e. The maximum absolute atomic E-state index is 6.08. The highest BCUT2D eigenvalue weighted by molar-refractivity contribution is 4.87. The first-order chi connectivity index (χ1) is 9.14. The van der Waals surface area contributed by atoms with E-state index in [4.69, 9.17) is 4.74 Å². The zero-order valence-electron chi connectivity index (χ0n) is 13.3. The molecule has 1 aliphatic rings. The minimum atomic E-state index is 0.295. The Morgan fingerprint density at radius 1 is 0.895 bits per heavy atom. The summed E-state index contributed by atoms with van der Waals surface area (Å²) in [6, 6.07) is 0. The lowest BCUT2D eigenvalue weighted by Gasteiger charge is -2.28. The van der Waals surface area contributed by atoms with Gasteiger partial charge in [0, 0.05) is 6.61 Å². The van der Waals surface area contributed by atoms with Crippen LogP contribution in [0.2, 0.25) is 0 Å². The van der Waals surface area contributed by atoms with Crippen LogP contribution >= 0.6 is 0 Å². The van der Waals surface area contributed by atoms with E-state index in [1.165, 1.54) is 70.3 Å². The number of hydrogen-bond acceptors (Lipinski definition) is 1. The number of rotatable bonds is 3. The summed E-state index contributed by atoms with van der Waals surface area (Å²) in [6.45, 7) is 9.61. The zero-order chi connectivity index (χ0) is 14.0. The molecule has 0 aromatic rings. The SMILES string of the molecule is [CH2]CC(C)(C)C[C]1CCCCCCCCCCCO1. The topological polar surface area (TPSA) is 9.23 Å². The zero-order valence-corrected chi connectivity index (χ0v) is 13.3. The van der Waals surface area contributed by atoms with Crippen molar-refractivity contribution in [1.82, 2.24) is 0 Å². The Hall–Kier alpha value is -0.0400. The first-order valence-electron chi connectivity index (χ1n) is 8.41. The van der Waals surface area contributed by atoms with E-state index in [1.807, 2.05) is 0 Å². The van der Waals surface area contributed by atoms with Crippen molar-refractivity contribution in [1.29, 1.82) is 0 Å². The molecule has 1 nitrogen and oxygen atoms in total. The largest absolute Gasteiger partial charge is 0.372 e. The first kappa shape index (κ1) is 17.0. The van der Waals surface area contributed by atoms with Crippen molar-refractivity contribution in [2.24, 2.45) is 5.41 Å². The third kappa shape index (κ3) is 8.68. The Morgan fingerprint density at radius 2 is 1.42 bits per heavy atom. The Morgan fingerprint density at radius 3 is 2.00 bits per heavy atom. The summed E-state index contributed by atoms with van der Waals surface area (Å²) in [5.41, 5.74) is 0.295. The second-order valence-electron chi connectivity index (χ2n) is 6.91. The van der Waals surface area contributed by atoms with Crippen molar-refractivity contribution < 1.29 is 4.74 Å². The smallest absolute Gasteiger partial charge is 0.0976 e. The van der Waals surface area contributed by atoms with Crippen LogP contribution in [0.25, 0.3) is 0 Å². The molecule has 1 saturated heterocycles. The van der Waals surface area contributed by atoms with E-state index in [0.29, 0.717) is 5.41 Å². The van der Waals surface area contributed by atoms with Gasteiger partial charge in [0.1, 0.15) is 0 Å². The lowest BCUT2D eigenvalue weighted by Crippen LogP contribution is -2.17. The lowest BCUT2D eigenvalue weighted by atomic mass is 9.83. The van der Waals surface area contributed by atoms with Gasteiger partial charge < -0.3 is 4.74 Å². The molecule has 0 spiro atoms. The molecule has 1 rings (SSSR count). The van der Waals surface area contributed by atoms with Gasteiger partial charge in [-0.15, -0.1) is 0 Å². The van der Waals surface area contributed by atoms with E-state index in [2.05, 4.69) is 20.8 Å². The van der Waals surface area contributed by atoms with Gasteiger partial charge in [0.05, 0.1) is 6.10 Å². The van der Waals surface area contributed by atoms with Crippen LogP contribution in [0.4, 0.5) is 0 Å². The van der Waals surface area contributed by atoms with Crippen molar-refractivity contribution in [3.63, 3.8) is 0 Å². The molecular formula is C18H34O. The molecule has 1 heteroatoms. The van der Waals surface area contributed by atoms with Gasteiger partial charge in [0.15, 0.2) is 0 Å². The molecule has 1 aliphatic heterocycles. The van der Waals surface area contributed by atoms with Crippen molar-refractivity contribution in [3.05, 3.63) is 13.0 Å². The summed E-state index contributed by atoms with van der Waals surface area (Å²) in [4.78, 5) is 0. The molecule has 2 radical (unpaired) electrons. The third-order valence-electron chi connectivity index (χ3n) is 4.26. The van der Waals surface area contributed by atoms with Crippen LogP contribution in [0.5, 0.6) is 0 Å². The molecule has 112 valence electrons. The van der Waals surface area contributed by atoms with Gasteiger partial charge in [-0.05, 0) is 31.1 Å². The molecule has 0 aliphatic carbocycles. The summed E-state index contributed by atoms with van der Waals surface area (Å²) < 4.78 is 6.08. The molecule has 0 N–H and O–H groups in total. The van der Waals surface area contributed by atoms with Gasteiger partial charge >= 0.3 is 0 Å². The van der Waals surface area contributed by atoms with Gasteiger partial charge in [-0.1, -0.05) is 72.1 Å². The molecule has 0 saturated carbocycles. The first-order valence-corrected chi connectivity index (χ1v) is 8.41. The highest BCUT2D eigenvalue weighted by atomic mass is 16.5. The predicted octanol–water partition coefficient (Wildman–Crippen LogP) is 6.09. The summed E-state index contributed by atoms with van der Waals surface area (Å²) in [5, 5.41) is 0. The van der Waals surface area contributed by atoms with Crippen molar-refractivity contribution in [2.45, 2.75) is 90.9 Å². The molecule has 0 amide bonds. The van der Waals surface area contributed by atoms with Crippen molar-refractivity contribution in [3.8, 4) is 0 Å². The maximum atomic E-state index is 6.08. The van der Waals surface area contributed by atoms with Crippen LogP contribution in [0.15, 0.2) is 0 Å². The normalized spacial score (nSPS) is 22.3. The van der Waals surface area contributed by atoms with Gasteiger partial charge in [-0.25, -0.2) is 0 Å². The Labute approximate surface area is 121 Å². The van der Waals surface area contributed by atoms with E-state index in [-0.39, 0.29) is 0 Å². The second kappa shape index (κ2) is 9.80. The van der Waals surface area contributed by atoms with E-state index in [9.17, 15) is 0 Å². The maximum Gasteiger partial charge on any atom is 0.0976 e. The third-order valence-corrected chi connectivity index (χ3v) is 4.26. The minimum absolute atomic E-state index is 0.295. The monoisotopic (exact) mass is 266 g/mol. The number of ether oxygens (including phenoxy) is 1. The Kier molecular flexibility index (Phi) is 8.77. The average Bonchev–Trinajstić information content (AvgIpc) is 2.40. The standard InChI is InChI=1S/C18H34O/c1-4-18(2,3)16-17-14-12-10-8-6-5-7-9-11-13-15-19-17/h1,4-16H2,2-3H3. The summed E-state index contributed by atoms with van der Waals surface area (Å²) >= 11 is 0. The summed E-state index contributed by atoms with van der Waals surface area (Å²) in [5.74, 6) is 0. The molecular weight excluding hydrogens is 232 g/mol. The Balaban J connectivity index is 2.37. The fourth-order valence-corrected chi connectivity index (χ4v) is 2.71. The van der Waals surface area contributed by atoms with Gasteiger partial charge in [-0.2, -0.15) is 0 Å². The average molecular weight is 266 g/mol. The Bertz CT molecular complexity index is 196. The van der Waals surface area contributed by atoms with Crippen LogP contribution in [0.3, 0.4) is 0 Å². The summed E-state index contributed by atoms with van der Waals surface area (Å²) in [7, 11) is 0. The van der Waals surface area contributed by atoms with Gasteiger partial charge in [0.25, 0.3) is 0 Å². The lowest BCUT2D eigenvalue weighted by molar-refractivity contribution is 0.0955. The highest BCUT2D eigenvalue weighted by Crippen LogP contribution is 2.33. The molecule has 19 heavy (non-hydrogen) atoms. The van der Waals surface area contributed by atoms with Crippen LogP contribution in [0.1, 0.15) is 90.9 Å². The molecule has 0 bridgehead atoms. The molecule has 0 atom stereocenters. The highest BCUT2D eigenvalue weighted by Gasteiger charge is 2.22. The fourth-order valence-electron chi connectivity index (χ4n) is 2.71. The van der Waals surface area contributed by atoms with Crippen LogP contribution in [-0.4, -0.2) is 6.61 Å². The predicted molar refractivity (Wildman–Crippen MR) is 83.7 cm³/mol. The van der Waals surface area contributed by atoms with E-state index in [1.54, 1.807) is 0 Å². The van der Waals surface area contributed by atoms with Gasteiger partial charge in [-0.3, -0.25) is 0 Å². The molecule has 0 aromatic heterocycles. The van der Waals surface area contributed by atoms with Gasteiger partial charge in [0.2, 0.25) is 0 Å². The quantitative estimate of drug-likeness (QED) is 0.600. The van der Waals surface area contributed by atoms with Crippen LogP contribution in [0, 0.1) is 18.4 Å². The molecule has 1 heterocycles. The van der Waals surface area contributed by atoms with Crippen molar-refractivity contribution in [2.75, 3.05) is 6.61 Å². The van der Waals surface area contributed by atoms with Crippen molar-refractivity contribution >= 4 is 0 Å².